The molecule has 2 aromatic rings. The number of halogens is 1. The Balaban J connectivity index is 1.49. The minimum Gasteiger partial charge on any atom is -0.490 e. The first-order valence-corrected chi connectivity index (χ1v) is 10.9. The third-order valence-electron chi connectivity index (χ3n) is 5.31. The van der Waals surface area contributed by atoms with Crippen LogP contribution >= 0.6 is 15.9 Å². The van der Waals surface area contributed by atoms with Crippen LogP contribution in [-0.4, -0.2) is 53.0 Å². The topological polar surface area (TPSA) is 60.9 Å². The highest BCUT2D eigenvalue weighted by atomic mass is 79.9. The third kappa shape index (κ3) is 4.67. The van der Waals surface area contributed by atoms with Gasteiger partial charge in [0.15, 0.2) is 0 Å². The van der Waals surface area contributed by atoms with E-state index in [4.69, 9.17) is 14.2 Å². The van der Waals surface area contributed by atoms with Gasteiger partial charge in [0.05, 0.1) is 24.2 Å². The van der Waals surface area contributed by atoms with Crippen molar-refractivity contribution in [3.05, 3.63) is 34.9 Å². The van der Waals surface area contributed by atoms with E-state index in [1.807, 2.05) is 45.0 Å². The molecule has 4 rings (SSSR count). The number of fused-ring (bicyclic) bond motifs is 1. The SMILES string of the molecule is CC(C)(C)OC(=O)N1C[C@@H](COc2cc(Br)cc3ncccc23)OC2(CCC2)C1. The molecule has 2 heterocycles. The molecule has 0 unspecified atom stereocenters. The first kappa shape index (κ1) is 20.4. The van der Waals surface area contributed by atoms with Crippen molar-refractivity contribution in [2.75, 3.05) is 19.7 Å². The van der Waals surface area contributed by atoms with Gasteiger partial charge < -0.3 is 19.1 Å². The largest absolute Gasteiger partial charge is 0.490 e. The number of hydrogen-bond donors (Lipinski definition) is 0. The lowest BCUT2D eigenvalue weighted by molar-refractivity contribution is -0.193. The standard InChI is InChI=1S/C22H27BrN2O4/c1-21(2,3)29-20(26)25-12-16(28-22(14-25)7-5-8-22)13-27-19-11-15(23)10-18-17(19)6-4-9-24-18/h4,6,9-11,16H,5,7-8,12-14H2,1-3H3/t16-/m0/s1. The second kappa shape index (κ2) is 7.76. The first-order valence-electron chi connectivity index (χ1n) is 10.1. The van der Waals surface area contributed by atoms with Gasteiger partial charge in [0.25, 0.3) is 0 Å². The summed E-state index contributed by atoms with van der Waals surface area (Å²) in [6.45, 7) is 7.07. The lowest BCUT2D eigenvalue weighted by Gasteiger charge is -2.51. The van der Waals surface area contributed by atoms with Gasteiger partial charge >= 0.3 is 6.09 Å². The van der Waals surface area contributed by atoms with Crippen molar-refractivity contribution in [2.24, 2.45) is 0 Å². The Kier molecular flexibility index (Phi) is 5.46. The smallest absolute Gasteiger partial charge is 0.410 e. The summed E-state index contributed by atoms with van der Waals surface area (Å²) >= 11 is 3.52. The van der Waals surface area contributed by atoms with Crippen LogP contribution in [0.2, 0.25) is 0 Å². The molecule has 2 fully saturated rings. The molecule has 2 aliphatic rings. The van der Waals surface area contributed by atoms with Crippen LogP contribution in [0.1, 0.15) is 40.0 Å². The molecular weight excluding hydrogens is 436 g/mol. The second-order valence-electron chi connectivity index (χ2n) is 8.92. The number of nitrogens with zero attached hydrogens (tertiary/aromatic N) is 2. The van der Waals surface area contributed by atoms with Crippen LogP contribution in [0, 0.1) is 0 Å². The van der Waals surface area contributed by atoms with Crippen LogP contribution in [0.15, 0.2) is 34.9 Å². The molecule has 1 aliphatic heterocycles. The Morgan fingerprint density at radius 2 is 2.17 bits per heavy atom. The molecule has 1 aromatic heterocycles. The summed E-state index contributed by atoms with van der Waals surface area (Å²) in [7, 11) is 0. The maximum atomic E-state index is 12.7. The predicted molar refractivity (Wildman–Crippen MR) is 114 cm³/mol. The molecule has 1 spiro atoms. The van der Waals surface area contributed by atoms with Gasteiger partial charge in [-0.1, -0.05) is 15.9 Å². The quantitative estimate of drug-likeness (QED) is 0.646. The number of carbonyl (C=O) groups is 1. The zero-order chi connectivity index (χ0) is 20.6. The van der Waals surface area contributed by atoms with Crippen LogP contribution in [-0.2, 0) is 9.47 Å². The van der Waals surface area contributed by atoms with Gasteiger partial charge in [-0.3, -0.25) is 4.98 Å². The molecule has 156 valence electrons. The molecule has 1 atom stereocenters. The summed E-state index contributed by atoms with van der Waals surface area (Å²) in [5.41, 5.74) is 0.0905. The molecule has 1 aliphatic carbocycles. The summed E-state index contributed by atoms with van der Waals surface area (Å²) in [4.78, 5) is 18.9. The fourth-order valence-corrected chi connectivity index (χ4v) is 4.33. The van der Waals surface area contributed by atoms with Crippen molar-refractivity contribution in [1.29, 1.82) is 0 Å². The number of amides is 1. The summed E-state index contributed by atoms with van der Waals surface area (Å²) in [6, 6.07) is 7.80. The molecule has 1 saturated carbocycles. The lowest BCUT2D eigenvalue weighted by atomic mass is 9.78. The minimum atomic E-state index is -0.517. The van der Waals surface area contributed by atoms with E-state index in [0.29, 0.717) is 19.7 Å². The van der Waals surface area contributed by atoms with Gasteiger partial charge in [0.2, 0.25) is 0 Å². The predicted octanol–water partition coefficient (Wildman–Crippen LogP) is 4.93. The van der Waals surface area contributed by atoms with Crippen LogP contribution in [0.4, 0.5) is 4.79 Å². The van der Waals surface area contributed by atoms with E-state index >= 15 is 0 Å². The Bertz CT molecular complexity index is 907. The van der Waals surface area contributed by atoms with Crippen molar-refractivity contribution >= 4 is 32.9 Å². The maximum absolute atomic E-state index is 12.7. The van der Waals surface area contributed by atoms with Crippen LogP contribution in [0.5, 0.6) is 5.75 Å². The van der Waals surface area contributed by atoms with E-state index < -0.39 is 5.60 Å². The average molecular weight is 463 g/mol. The summed E-state index contributed by atoms with van der Waals surface area (Å²) in [5, 5.41) is 0.953. The second-order valence-corrected chi connectivity index (χ2v) is 9.84. The Labute approximate surface area is 179 Å². The number of hydrogen-bond acceptors (Lipinski definition) is 5. The van der Waals surface area contributed by atoms with E-state index in [0.717, 1.165) is 40.4 Å². The zero-order valence-corrected chi connectivity index (χ0v) is 18.7. The Morgan fingerprint density at radius 3 is 2.86 bits per heavy atom. The van der Waals surface area contributed by atoms with E-state index in [-0.39, 0.29) is 17.8 Å². The fourth-order valence-electron chi connectivity index (χ4n) is 3.90. The average Bonchev–Trinajstić information content (AvgIpc) is 2.63. The molecule has 0 bridgehead atoms. The van der Waals surface area contributed by atoms with Crippen molar-refractivity contribution in [3.63, 3.8) is 0 Å². The molecule has 6 nitrogen and oxygen atoms in total. The van der Waals surface area contributed by atoms with Crippen LogP contribution < -0.4 is 4.74 Å². The number of pyridine rings is 1. The Hall–Kier alpha value is -1.86. The number of morpholine rings is 1. The molecule has 0 N–H and O–H groups in total. The molecule has 29 heavy (non-hydrogen) atoms. The zero-order valence-electron chi connectivity index (χ0n) is 17.1. The lowest BCUT2D eigenvalue weighted by Crippen LogP contribution is -2.61. The summed E-state index contributed by atoms with van der Waals surface area (Å²) in [5.74, 6) is 0.753. The van der Waals surface area contributed by atoms with Crippen LogP contribution in [0.3, 0.4) is 0 Å². The number of ether oxygens (including phenoxy) is 3. The molecule has 7 heteroatoms. The number of rotatable bonds is 3. The number of aromatic nitrogens is 1. The Morgan fingerprint density at radius 1 is 1.38 bits per heavy atom. The first-order chi connectivity index (χ1) is 13.7. The van der Waals surface area contributed by atoms with Gasteiger partial charge in [0, 0.05) is 16.1 Å². The van der Waals surface area contributed by atoms with Crippen molar-refractivity contribution in [3.8, 4) is 5.75 Å². The van der Waals surface area contributed by atoms with Crippen molar-refractivity contribution in [1.82, 2.24) is 9.88 Å². The third-order valence-corrected chi connectivity index (χ3v) is 5.77. The van der Waals surface area contributed by atoms with Gasteiger partial charge in [-0.15, -0.1) is 0 Å². The van der Waals surface area contributed by atoms with E-state index in [9.17, 15) is 4.79 Å². The van der Waals surface area contributed by atoms with E-state index in [1.165, 1.54) is 0 Å². The van der Waals surface area contributed by atoms with Gasteiger partial charge in [0.1, 0.15) is 24.1 Å². The fraction of sp³-hybridized carbons (Fsp3) is 0.545. The highest BCUT2D eigenvalue weighted by molar-refractivity contribution is 9.10. The molecule has 1 saturated heterocycles. The highest BCUT2D eigenvalue weighted by Gasteiger charge is 2.47. The molecule has 1 aromatic carbocycles. The van der Waals surface area contributed by atoms with Gasteiger partial charge in [-0.25, -0.2) is 4.79 Å². The van der Waals surface area contributed by atoms with Gasteiger partial charge in [-0.05, 0) is 64.3 Å². The van der Waals surface area contributed by atoms with Crippen molar-refractivity contribution in [2.45, 2.75) is 57.3 Å². The molecular formula is C22H27BrN2O4. The van der Waals surface area contributed by atoms with E-state index in [1.54, 1.807) is 11.1 Å². The summed E-state index contributed by atoms with van der Waals surface area (Å²) < 4.78 is 19.1. The van der Waals surface area contributed by atoms with Crippen LogP contribution in [0.25, 0.3) is 10.9 Å². The monoisotopic (exact) mass is 462 g/mol. The number of carbonyl (C=O) groups excluding carboxylic acids is 1. The molecule has 0 radical (unpaired) electrons. The van der Waals surface area contributed by atoms with Gasteiger partial charge in [-0.2, -0.15) is 0 Å². The minimum absolute atomic E-state index is 0.206. The highest BCUT2D eigenvalue weighted by Crippen LogP contribution is 2.40. The number of benzene rings is 1. The normalized spacial score (nSPS) is 21.1. The summed E-state index contributed by atoms with van der Waals surface area (Å²) in [6.07, 6.45) is 4.33. The van der Waals surface area contributed by atoms with E-state index in [2.05, 4.69) is 20.9 Å². The maximum Gasteiger partial charge on any atom is 0.410 e. The van der Waals surface area contributed by atoms with Crippen molar-refractivity contribution < 1.29 is 19.0 Å². The molecule has 1 amide bonds.